The molecule has 0 unspecified atom stereocenters. The molecule has 9 rings (SSSR count). The van der Waals surface area contributed by atoms with Gasteiger partial charge in [0.05, 0.1) is 0 Å². The Morgan fingerprint density at radius 1 is 0.317 bits per heavy atom. The average Bonchev–Trinajstić information content (AvgIpc) is 3.41. The summed E-state index contributed by atoms with van der Waals surface area (Å²) in [5.41, 5.74) is 6.56. The first-order valence-corrected chi connectivity index (χ1v) is 14.1. The van der Waals surface area contributed by atoms with Gasteiger partial charge in [-0.25, -0.2) is 0 Å². The van der Waals surface area contributed by atoms with Gasteiger partial charge in [0.15, 0.2) is 0 Å². The summed E-state index contributed by atoms with van der Waals surface area (Å²) in [5.74, 6) is 0. The molecule has 1 heteroatoms. The Morgan fingerprint density at radius 3 is 1.56 bits per heavy atom. The second kappa shape index (κ2) is 8.55. The van der Waals surface area contributed by atoms with Gasteiger partial charge in [-0.1, -0.05) is 127 Å². The fourth-order valence-corrected chi connectivity index (χ4v) is 6.64. The van der Waals surface area contributed by atoms with Crippen LogP contribution in [0.4, 0.5) is 0 Å². The summed E-state index contributed by atoms with van der Waals surface area (Å²) in [7, 11) is 0. The van der Waals surface area contributed by atoms with E-state index >= 15 is 0 Å². The van der Waals surface area contributed by atoms with Crippen LogP contribution >= 0.6 is 0 Å². The van der Waals surface area contributed by atoms with Crippen LogP contribution in [0.2, 0.25) is 0 Å². The van der Waals surface area contributed by atoms with Crippen molar-refractivity contribution < 1.29 is 4.42 Å². The highest BCUT2D eigenvalue weighted by molar-refractivity contribution is 6.25. The number of hydrogen-bond donors (Lipinski definition) is 0. The Hall–Kier alpha value is -5.40. The summed E-state index contributed by atoms with van der Waals surface area (Å²) < 4.78 is 6.49. The van der Waals surface area contributed by atoms with Gasteiger partial charge >= 0.3 is 0 Å². The van der Waals surface area contributed by atoms with Crippen LogP contribution in [0.3, 0.4) is 0 Å². The monoisotopic (exact) mass is 520 g/mol. The lowest BCUT2D eigenvalue weighted by atomic mass is 9.91. The van der Waals surface area contributed by atoms with E-state index in [1.807, 2.05) is 0 Å². The lowest BCUT2D eigenvalue weighted by Gasteiger charge is -2.12. The van der Waals surface area contributed by atoms with Crippen molar-refractivity contribution in [2.45, 2.75) is 0 Å². The van der Waals surface area contributed by atoms with E-state index in [1.165, 1.54) is 54.2 Å². The molecule has 0 aliphatic heterocycles. The zero-order chi connectivity index (χ0) is 26.9. The molecule has 0 radical (unpaired) electrons. The molecular weight excluding hydrogens is 496 g/mol. The highest BCUT2D eigenvalue weighted by Crippen LogP contribution is 2.39. The number of hydrogen-bond acceptors (Lipinski definition) is 1. The van der Waals surface area contributed by atoms with Gasteiger partial charge in [-0.05, 0) is 78.0 Å². The molecular formula is C40H24O. The van der Waals surface area contributed by atoms with Crippen molar-refractivity contribution in [3.05, 3.63) is 146 Å². The van der Waals surface area contributed by atoms with E-state index in [0.717, 1.165) is 33.1 Å². The lowest BCUT2D eigenvalue weighted by Crippen LogP contribution is -1.85. The molecule has 0 saturated heterocycles. The second-order valence-electron chi connectivity index (χ2n) is 10.9. The van der Waals surface area contributed by atoms with Crippen molar-refractivity contribution >= 4 is 65.0 Å². The second-order valence-corrected chi connectivity index (χ2v) is 10.9. The predicted octanol–water partition coefficient (Wildman–Crippen LogP) is 11.5. The van der Waals surface area contributed by atoms with E-state index in [4.69, 9.17) is 4.42 Å². The molecule has 1 aromatic heterocycles. The third kappa shape index (κ3) is 3.36. The Labute approximate surface area is 236 Å². The molecule has 9 aromatic rings. The van der Waals surface area contributed by atoms with Crippen LogP contribution in [0, 0.1) is 0 Å². The average molecular weight is 521 g/mol. The van der Waals surface area contributed by atoms with Gasteiger partial charge in [0.2, 0.25) is 0 Å². The number of benzene rings is 8. The molecule has 0 atom stereocenters. The Kier molecular flexibility index (Phi) is 4.67. The summed E-state index contributed by atoms with van der Waals surface area (Å²) in [6.45, 7) is 0. The molecule has 1 heterocycles. The van der Waals surface area contributed by atoms with Gasteiger partial charge in [-0.2, -0.15) is 0 Å². The van der Waals surface area contributed by atoms with E-state index in [-0.39, 0.29) is 0 Å². The number of rotatable bonds is 2. The van der Waals surface area contributed by atoms with E-state index in [2.05, 4.69) is 146 Å². The first-order valence-electron chi connectivity index (χ1n) is 14.1. The van der Waals surface area contributed by atoms with Crippen molar-refractivity contribution in [2.75, 3.05) is 0 Å². The van der Waals surface area contributed by atoms with Crippen LogP contribution in [0.15, 0.2) is 150 Å². The quantitative estimate of drug-likeness (QED) is 0.207. The molecule has 41 heavy (non-hydrogen) atoms. The zero-order valence-corrected chi connectivity index (χ0v) is 22.3. The van der Waals surface area contributed by atoms with E-state index in [0.29, 0.717) is 0 Å². The standard InChI is InChI=1S/C40H24O/c1-2-9-28-24-39-38(23-27(28)8-1)36-15-7-14-30(40(36)41-39)26-18-16-25(17-19-26)29-20-21-35-33-12-4-3-10-31(33)32-11-5-6-13-34(32)37(35)22-29/h1-24H. The molecule has 0 N–H and O–H groups in total. The van der Waals surface area contributed by atoms with Crippen molar-refractivity contribution in [3.63, 3.8) is 0 Å². The summed E-state index contributed by atoms with van der Waals surface area (Å²) in [6.07, 6.45) is 0. The molecule has 0 saturated carbocycles. The van der Waals surface area contributed by atoms with Crippen molar-refractivity contribution in [3.8, 4) is 22.3 Å². The fraction of sp³-hybridized carbons (Fsp3) is 0. The van der Waals surface area contributed by atoms with Gasteiger partial charge in [-0.15, -0.1) is 0 Å². The van der Waals surface area contributed by atoms with Crippen LogP contribution < -0.4 is 0 Å². The van der Waals surface area contributed by atoms with Gasteiger partial charge < -0.3 is 4.42 Å². The van der Waals surface area contributed by atoms with Gasteiger partial charge in [0.1, 0.15) is 11.2 Å². The maximum atomic E-state index is 6.49. The van der Waals surface area contributed by atoms with Crippen LogP contribution in [0.1, 0.15) is 0 Å². The van der Waals surface area contributed by atoms with Gasteiger partial charge in [0, 0.05) is 16.3 Å². The van der Waals surface area contributed by atoms with Gasteiger partial charge in [0.25, 0.3) is 0 Å². The smallest absolute Gasteiger partial charge is 0.143 e. The number of furan rings is 1. The normalized spacial score (nSPS) is 11.9. The topological polar surface area (TPSA) is 13.1 Å². The SMILES string of the molecule is c1ccc2cc3c(cc2c1)oc1c(-c2ccc(-c4ccc5c6ccccc6c6ccccc6c5c4)cc2)cccc13. The third-order valence-electron chi connectivity index (χ3n) is 8.64. The molecule has 1 nitrogen and oxygen atoms in total. The number of para-hydroxylation sites is 1. The van der Waals surface area contributed by atoms with E-state index in [1.54, 1.807) is 0 Å². The van der Waals surface area contributed by atoms with Crippen molar-refractivity contribution in [2.24, 2.45) is 0 Å². The summed E-state index contributed by atoms with van der Waals surface area (Å²) in [6, 6.07) is 52.6. The van der Waals surface area contributed by atoms with Crippen molar-refractivity contribution in [1.29, 1.82) is 0 Å². The predicted molar refractivity (Wildman–Crippen MR) is 175 cm³/mol. The van der Waals surface area contributed by atoms with Crippen LogP contribution in [-0.4, -0.2) is 0 Å². The molecule has 8 aromatic carbocycles. The summed E-state index contributed by atoms with van der Waals surface area (Å²) >= 11 is 0. The highest BCUT2D eigenvalue weighted by atomic mass is 16.3. The Balaban J connectivity index is 1.18. The Bertz CT molecular complexity index is 2420. The lowest BCUT2D eigenvalue weighted by molar-refractivity contribution is 0.670. The van der Waals surface area contributed by atoms with E-state index in [9.17, 15) is 0 Å². The van der Waals surface area contributed by atoms with E-state index < -0.39 is 0 Å². The summed E-state index contributed by atoms with van der Waals surface area (Å²) in [5, 5.41) is 12.5. The minimum Gasteiger partial charge on any atom is -0.455 e. The molecule has 0 bridgehead atoms. The van der Waals surface area contributed by atoms with Crippen LogP contribution in [-0.2, 0) is 0 Å². The maximum Gasteiger partial charge on any atom is 0.143 e. The molecule has 0 spiro atoms. The molecule has 190 valence electrons. The first-order chi connectivity index (χ1) is 20.3. The first kappa shape index (κ1) is 22.4. The minimum atomic E-state index is 0.929. The zero-order valence-electron chi connectivity index (χ0n) is 22.3. The minimum absolute atomic E-state index is 0.929. The van der Waals surface area contributed by atoms with Crippen LogP contribution in [0.5, 0.6) is 0 Å². The van der Waals surface area contributed by atoms with Crippen LogP contribution in [0.25, 0.3) is 87.3 Å². The summed E-state index contributed by atoms with van der Waals surface area (Å²) in [4.78, 5) is 0. The maximum absolute atomic E-state index is 6.49. The molecule has 0 amide bonds. The Morgan fingerprint density at radius 2 is 0.854 bits per heavy atom. The molecule has 0 fully saturated rings. The fourth-order valence-electron chi connectivity index (χ4n) is 6.64. The highest BCUT2D eigenvalue weighted by Gasteiger charge is 2.14. The molecule has 0 aliphatic carbocycles. The molecule has 0 aliphatic rings. The largest absolute Gasteiger partial charge is 0.455 e. The van der Waals surface area contributed by atoms with Crippen molar-refractivity contribution in [1.82, 2.24) is 0 Å². The number of fused-ring (bicyclic) bond motifs is 10. The third-order valence-corrected chi connectivity index (χ3v) is 8.64. The van der Waals surface area contributed by atoms with Gasteiger partial charge in [-0.3, -0.25) is 0 Å².